The van der Waals surface area contributed by atoms with Crippen molar-refractivity contribution in [1.82, 2.24) is 4.90 Å². The third kappa shape index (κ3) is 3.13. The second-order valence-electron chi connectivity index (χ2n) is 6.04. The fourth-order valence-corrected chi connectivity index (χ4v) is 4.26. The highest BCUT2D eigenvalue weighted by Gasteiger charge is 2.31. The summed E-state index contributed by atoms with van der Waals surface area (Å²) in [5, 5.41) is 4.16. The number of amidine groups is 1. The van der Waals surface area contributed by atoms with Crippen LogP contribution in [0.15, 0.2) is 64.6 Å². The molecule has 4 rings (SSSR count). The minimum Gasteiger partial charge on any atom is -0.497 e. The fraction of sp³-hybridized carbons (Fsp3) is 0.150. The van der Waals surface area contributed by atoms with Crippen LogP contribution >= 0.6 is 35.0 Å². The highest BCUT2D eigenvalue weighted by molar-refractivity contribution is 8.16. The summed E-state index contributed by atoms with van der Waals surface area (Å²) in [6.07, 6.45) is 2.16. The predicted octanol–water partition coefficient (Wildman–Crippen LogP) is 6.36. The first-order chi connectivity index (χ1) is 12.6. The van der Waals surface area contributed by atoms with Crippen LogP contribution in [0.2, 0.25) is 10.0 Å². The average molecular weight is 403 g/mol. The van der Waals surface area contributed by atoms with Crippen molar-refractivity contribution in [3.8, 4) is 5.75 Å². The van der Waals surface area contributed by atoms with E-state index in [0.717, 1.165) is 22.2 Å². The molecule has 0 saturated carbocycles. The van der Waals surface area contributed by atoms with Gasteiger partial charge in [0.15, 0.2) is 5.17 Å². The van der Waals surface area contributed by atoms with Gasteiger partial charge < -0.3 is 9.64 Å². The number of halogens is 2. The lowest BCUT2D eigenvalue weighted by Crippen LogP contribution is -2.30. The quantitative estimate of drug-likeness (QED) is 0.596. The summed E-state index contributed by atoms with van der Waals surface area (Å²) in [7, 11) is 1.67. The number of hydrogen-bond acceptors (Lipinski definition) is 4. The molecular formula is C20H16Cl2N2OS. The fourth-order valence-electron chi connectivity index (χ4n) is 3.05. The first kappa shape index (κ1) is 17.5. The maximum atomic E-state index is 6.21. The lowest BCUT2D eigenvalue weighted by Gasteiger charge is -2.32. The Morgan fingerprint density at radius 3 is 2.54 bits per heavy atom. The molecule has 0 aliphatic carbocycles. The van der Waals surface area contributed by atoms with E-state index in [2.05, 4.69) is 35.4 Å². The minimum absolute atomic E-state index is 0.0594. The topological polar surface area (TPSA) is 24.8 Å². The maximum absolute atomic E-state index is 6.21. The molecule has 2 heterocycles. The molecule has 132 valence electrons. The first-order valence-electron chi connectivity index (χ1n) is 8.09. The van der Waals surface area contributed by atoms with Gasteiger partial charge in [0, 0.05) is 11.3 Å². The summed E-state index contributed by atoms with van der Waals surface area (Å²) in [4.78, 5) is 7.08. The van der Waals surface area contributed by atoms with E-state index < -0.39 is 0 Å². The SMILES string of the molecule is COc1ccc(C2C=C(c3ccc(Cl)c(Cl)c3)N=C3SC=C(C)N32)cc1. The molecule has 0 amide bonds. The molecule has 0 radical (unpaired) electrons. The van der Waals surface area contributed by atoms with Gasteiger partial charge in [0.1, 0.15) is 5.75 Å². The zero-order valence-electron chi connectivity index (χ0n) is 14.2. The zero-order valence-corrected chi connectivity index (χ0v) is 16.6. The summed E-state index contributed by atoms with van der Waals surface area (Å²) < 4.78 is 5.28. The van der Waals surface area contributed by atoms with Crippen LogP contribution in [0, 0.1) is 0 Å². The van der Waals surface area contributed by atoms with Crippen LogP contribution in [0.3, 0.4) is 0 Å². The van der Waals surface area contributed by atoms with Gasteiger partial charge in [0.05, 0.1) is 28.9 Å². The van der Waals surface area contributed by atoms with Gasteiger partial charge in [-0.1, -0.05) is 53.2 Å². The van der Waals surface area contributed by atoms with Gasteiger partial charge in [-0.05, 0) is 48.2 Å². The second-order valence-corrected chi connectivity index (χ2v) is 7.69. The van der Waals surface area contributed by atoms with Crippen LogP contribution in [0.4, 0.5) is 0 Å². The van der Waals surface area contributed by atoms with Crippen molar-refractivity contribution in [2.24, 2.45) is 4.99 Å². The molecule has 26 heavy (non-hydrogen) atoms. The molecule has 2 aromatic rings. The molecule has 6 heteroatoms. The maximum Gasteiger partial charge on any atom is 0.173 e. The Morgan fingerprint density at radius 2 is 1.85 bits per heavy atom. The molecular weight excluding hydrogens is 387 g/mol. The van der Waals surface area contributed by atoms with Crippen LogP contribution in [-0.4, -0.2) is 17.2 Å². The zero-order chi connectivity index (χ0) is 18.3. The van der Waals surface area contributed by atoms with E-state index in [4.69, 9.17) is 32.9 Å². The van der Waals surface area contributed by atoms with Crippen molar-refractivity contribution >= 4 is 45.8 Å². The lowest BCUT2D eigenvalue weighted by molar-refractivity contribution is 0.413. The summed E-state index contributed by atoms with van der Waals surface area (Å²) in [6, 6.07) is 13.8. The number of rotatable bonds is 3. The normalized spacial score (nSPS) is 18.8. The number of ether oxygens (including phenoxy) is 1. The van der Waals surface area contributed by atoms with E-state index in [1.807, 2.05) is 24.3 Å². The van der Waals surface area contributed by atoms with Crippen LogP contribution in [0.25, 0.3) is 5.70 Å². The van der Waals surface area contributed by atoms with Gasteiger partial charge in [0.25, 0.3) is 0 Å². The number of nitrogens with zero attached hydrogens (tertiary/aromatic N) is 2. The summed E-state index contributed by atoms with van der Waals surface area (Å²) in [5.41, 5.74) is 4.20. The number of allylic oxidation sites excluding steroid dienone is 1. The minimum atomic E-state index is 0.0594. The lowest BCUT2D eigenvalue weighted by atomic mass is 10.0. The molecule has 0 aromatic heterocycles. The van der Waals surface area contributed by atoms with Gasteiger partial charge in [0.2, 0.25) is 0 Å². The van der Waals surface area contributed by atoms with Crippen LogP contribution in [-0.2, 0) is 0 Å². The standard InChI is InChI=1S/C20H16Cl2N2OS/c1-12-11-26-20-23-18(14-5-8-16(21)17(22)9-14)10-19(24(12)20)13-3-6-15(25-2)7-4-13/h3-11,19H,1-2H3. The molecule has 2 aliphatic heterocycles. The van der Waals surface area contributed by atoms with E-state index in [-0.39, 0.29) is 6.04 Å². The molecule has 1 atom stereocenters. The molecule has 0 spiro atoms. The monoisotopic (exact) mass is 402 g/mol. The molecule has 1 unspecified atom stereocenters. The van der Waals surface area contributed by atoms with Crippen molar-refractivity contribution in [3.63, 3.8) is 0 Å². The number of thioether (sulfide) groups is 1. The average Bonchev–Trinajstić information content (AvgIpc) is 3.04. The van der Waals surface area contributed by atoms with Crippen LogP contribution < -0.4 is 4.74 Å². The van der Waals surface area contributed by atoms with Gasteiger partial charge in [-0.15, -0.1) is 0 Å². The Morgan fingerprint density at radius 1 is 1.08 bits per heavy atom. The Hall–Kier alpha value is -1.88. The van der Waals surface area contributed by atoms with Gasteiger partial charge in [-0.25, -0.2) is 4.99 Å². The Balaban J connectivity index is 1.78. The molecule has 0 N–H and O–H groups in total. The summed E-state index contributed by atoms with van der Waals surface area (Å²) in [5.74, 6) is 0.843. The molecule has 0 fully saturated rings. The number of fused-ring (bicyclic) bond motifs is 1. The van der Waals surface area contributed by atoms with Crippen molar-refractivity contribution in [3.05, 3.63) is 80.8 Å². The van der Waals surface area contributed by atoms with Crippen LogP contribution in [0.5, 0.6) is 5.75 Å². The number of hydrogen-bond donors (Lipinski definition) is 0. The van der Waals surface area contributed by atoms with E-state index >= 15 is 0 Å². The van der Waals surface area contributed by atoms with Gasteiger partial charge >= 0.3 is 0 Å². The Bertz CT molecular complexity index is 951. The first-order valence-corrected chi connectivity index (χ1v) is 9.73. The van der Waals surface area contributed by atoms with Crippen molar-refractivity contribution < 1.29 is 4.74 Å². The smallest absolute Gasteiger partial charge is 0.173 e. The molecule has 0 bridgehead atoms. The third-order valence-corrected chi connectivity index (χ3v) is 6.10. The van der Waals surface area contributed by atoms with E-state index in [1.165, 1.54) is 11.3 Å². The van der Waals surface area contributed by atoms with Crippen LogP contribution in [0.1, 0.15) is 24.1 Å². The highest BCUT2D eigenvalue weighted by atomic mass is 35.5. The largest absolute Gasteiger partial charge is 0.497 e. The van der Waals surface area contributed by atoms with Gasteiger partial charge in [-0.3, -0.25) is 0 Å². The molecule has 2 aliphatic rings. The summed E-state index contributed by atoms with van der Waals surface area (Å²) in [6.45, 7) is 2.10. The van der Waals surface area contributed by atoms with Gasteiger partial charge in [-0.2, -0.15) is 0 Å². The molecule has 0 saturated heterocycles. The molecule has 2 aromatic carbocycles. The number of benzene rings is 2. The third-order valence-electron chi connectivity index (χ3n) is 4.40. The van der Waals surface area contributed by atoms with Crippen molar-refractivity contribution in [1.29, 1.82) is 0 Å². The van der Waals surface area contributed by atoms with Crippen molar-refractivity contribution in [2.75, 3.05) is 7.11 Å². The number of aliphatic imine (C=N–C) groups is 1. The van der Waals surface area contributed by atoms with E-state index in [9.17, 15) is 0 Å². The predicted molar refractivity (Wildman–Crippen MR) is 111 cm³/mol. The van der Waals surface area contributed by atoms with E-state index in [1.54, 1.807) is 24.9 Å². The summed E-state index contributed by atoms with van der Waals surface area (Å²) >= 11 is 13.9. The Labute approximate surface area is 167 Å². The molecule has 3 nitrogen and oxygen atoms in total. The second kappa shape index (κ2) is 7.03. The highest BCUT2D eigenvalue weighted by Crippen LogP contribution is 2.42. The Kier molecular flexibility index (Phi) is 4.74. The number of methoxy groups -OCH3 is 1. The van der Waals surface area contributed by atoms with E-state index in [0.29, 0.717) is 10.0 Å². The van der Waals surface area contributed by atoms with Crippen molar-refractivity contribution in [2.45, 2.75) is 13.0 Å².